The standard InChI is InChI=1S/C26H32N4O3S/c1-2-3-4-5-9-18-33-24-22(20-27-30(26(24)32)21-11-7-6-8-12-21)28-14-16-29(17-15-28)25(31)23-13-10-19-34-23/h6-8,10-13,19-20H,2-5,9,14-18H2,1H3. The Bertz CT molecular complexity index is 1110. The van der Waals surface area contributed by atoms with Crippen molar-refractivity contribution in [1.29, 1.82) is 0 Å². The molecule has 1 aliphatic heterocycles. The van der Waals surface area contributed by atoms with E-state index in [2.05, 4.69) is 16.9 Å². The fourth-order valence-electron chi connectivity index (χ4n) is 4.13. The third-order valence-electron chi connectivity index (χ3n) is 6.05. The monoisotopic (exact) mass is 480 g/mol. The molecule has 1 fully saturated rings. The van der Waals surface area contributed by atoms with Crippen molar-refractivity contribution in [3.05, 3.63) is 69.3 Å². The molecule has 0 saturated carbocycles. The van der Waals surface area contributed by atoms with Gasteiger partial charge in [0, 0.05) is 26.2 Å². The normalized spacial score (nSPS) is 13.8. The van der Waals surface area contributed by atoms with Gasteiger partial charge in [0.2, 0.25) is 5.75 Å². The second-order valence-electron chi connectivity index (χ2n) is 8.43. The average molecular weight is 481 g/mol. The summed E-state index contributed by atoms with van der Waals surface area (Å²) in [6.07, 6.45) is 7.31. The summed E-state index contributed by atoms with van der Waals surface area (Å²) in [7, 11) is 0. The molecule has 0 N–H and O–H groups in total. The zero-order valence-electron chi connectivity index (χ0n) is 19.7. The minimum atomic E-state index is -0.255. The fourth-order valence-corrected chi connectivity index (χ4v) is 4.82. The molecule has 180 valence electrons. The summed E-state index contributed by atoms with van der Waals surface area (Å²) in [6, 6.07) is 13.2. The molecule has 1 aromatic carbocycles. The van der Waals surface area contributed by atoms with Gasteiger partial charge in [0.15, 0.2) is 0 Å². The van der Waals surface area contributed by atoms with Crippen molar-refractivity contribution in [2.45, 2.75) is 39.0 Å². The lowest BCUT2D eigenvalue weighted by molar-refractivity contribution is 0.0751. The number of carbonyl (C=O) groups is 1. The highest BCUT2D eigenvalue weighted by molar-refractivity contribution is 7.12. The lowest BCUT2D eigenvalue weighted by atomic mass is 10.2. The van der Waals surface area contributed by atoms with Crippen LogP contribution in [0, 0.1) is 0 Å². The van der Waals surface area contributed by atoms with Crippen LogP contribution in [0.15, 0.2) is 58.8 Å². The van der Waals surface area contributed by atoms with E-state index in [1.807, 2.05) is 52.7 Å². The van der Waals surface area contributed by atoms with Crippen LogP contribution in [0.1, 0.15) is 48.7 Å². The molecule has 7 nitrogen and oxygen atoms in total. The Morgan fingerprint density at radius 2 is 1.76 bits per heavy atom. The van der Waals surface area contributed by atoms with Crippen molar-refractivity contribution < 1.29 is 9.53 Å². The largest absolute Gasteiger partial charge is 0.486 e. The number of amides is 1. The molecule has 3 heterocycles. The molecule has 0 radical (unpaired) electrons. The lowest BCUT2D eigenvalue weighted by Crippen LogP contribution is -2.49. The Hall–Kier alpha value is -3.13. The molecule has 2 aromatic heterocycles. The number of unbranched alkanes of at least 4 members (excludes halogenated alkanes) is 4. The minimum absolute atomic E-state index is 0.0656. The highest BCUT2D eigenvalue weighted by Crippen LogP contribution is 2.26. The molecule has 34 heavy (non-hydrogen) atoms. The molecule has 3 aromatic rings. The van der Waals surface area contributed by atoms with Crippen molar-refractivity contribution in [2.75, 3.05) is 37.7 Å². The van der Waals surface area contributed by atoms with E-state index in [0.29, 0.717) is 49.9 Å². The van der Waals surface area contributed by atoms with Crippen LogP contribution >= 0.6 is 11.3 Å². The molecule has 4 rings (SSSR count). The second-order valence-corrected chi connectivity index (χ2v) is 9.38. The smallest absolute Gasteiger partial charge is 0.316 e. The predicted molar refractivity (Wildman–Crippen MR) is 137 cm³/mol. The summed E-state index contributed by atoms with van der Waals surface area (Å²) in [5, 5.41) is 6.37. The van der Waals surface area contributed by atoms with E-state index in [0.717, 1.165) is 17.7 Å². The third kappa shape index (κ3) is 5.67. The Labute approximate surface area is 204 Å². The van der Waals surface area contributed by atoms with Crippen LogP contribution in [0.3, 0.4) is 0 Å². The summed E-state index contributed by atoms with van der Waals surface area (Å²) in [6.45, 7) is 5.13. The molecule has 1 aliphatic rings. The molecule has 0 atom stereocenters. The maximum atomic E-state index is 13.4. The molecule has 0 bridgehead atoms. The molecule has 8 heteroatoms. The van der Waals surface area contributed by atoms with Gasteiger partial charge in [0.1, 0.15) is 5.69 Å². The fraction of sp³-hybridized carbons (Fsp3) is 0.423. The number of rotatable bonds is 10. The number of benzene rings is 1. The van der Waals surface area contributed by atoms with Gasteiger partial charge < -0.3 is 14.5 Å². The summed E-state index contributed by atoms with van der Waals surface area (Å²) in [4.78, 5) is 30.8. The highest BCUT2D eigenvalue weighted by atomic mass is 32.1. The number of para-hydroxylation sites is 1. The van der Waals surface area contributed by atoms with Crippen molar-refractivity contribution in [3.8, 4) is 11.4 Å². The van der Waals surface area contributed by atoms with Gasteiger partial charge in [-0.2, -0.15) is 9.78 Å². The van der Waals surface area contributed by atoms with E-state index >= 15 is 0 Å². The van der Waals surface area contributed by atoms with E-state index in [-0.39, 0.29) is 11.5 Å². The molecular formula is C26H32N4O3S. The van der Waals surface area contributed by atoms with E-state index in [4.69, 9.17) is 4.74 Å². The first kappa shape index (κ1) is 24.0. The molecule has 0 aliphatic carbocycles. The predicted octanol–water partition coefficient (Wildman–Crippen LogP) is 4.61. The third-order valence-corrected chi connectivity index (χ3v) is 6.91. The maximum absolute atomic E-state index is 13.4. The van der Waals surface area contributed by atoms with Crippen LogP contribution in [0.25, 0.3) is 5.69 Å². The number of carbonyl (C=O) groups excluding carboxylic acids is 1. The van der Waals surface area contributed by atoms with Crippen LogP contribution in [-0.2, 0) is 0 Å². The Balaban J connectivity index is 1.51. The van der Waals surface area contributed by atoms with Crippen molar-refractivity contribution >= 4 is 22.9 Å². The minimum Gasteiger partial charge on any atom is -0.486 e. The van der Waals surface area contributed by atoms with Gasteiger partial charge in [-0.3, -0.25) is 9.59 Å². The van der Waals surface area contributed by atoms with Gasteiger partial charge in [-0.25, -0.2) is 0 Å². The number of aromatic nitrogens is 2. The van der Waals surface area contributed by atoms with Gasteiger partial charge in [-0.1, -0.05) is 56.9 Å². The van der Waals surface area contributed by atoms with E-state index in [1.165, 1.54) is 35.3 Å². The molecule has 0 spiro atoms. The van der Waals surface area contributed by atoms with Crippen molar-refractivity contribution in [3.63, 3.8) is 0 Å². The molecule has 0 unspecified atom stereocenters. The van der Waals surface area contributed by atoms with Crippen LogP contribution < -0.4 is 15.2 Å². The van der Waals surface area contributed by atoms with Crippen LogP contribution in [0.2, 0.25) is 0 Å². The van der Waals surface area contributed by atoms with Gasteiger partial charge in [0.05, 0.1) is 23.4 Å². The van der Waals surface area contributed by atoms with Gasteiger partial charge in [0.25, 0.3) is 5.91 Å². The van der Waals surface area contributed by atoms with E-state index in [1.54, 1.807) is 6.20 Å². The maximum Gasteiger partial charge on any atom is 0.316 e. The van der Waals surface area contributed by atoms with E-state index in [9.17, 15) is 9.59 Å². The first-order chi connectivity index (χ1) is 16.7. The lowest BCUT2D eigenvalue weighted by Gasteiger charge is -2.36. The summed E-state index contributed by atoms with van der Waals surface area (Å²) >= 11 is 1.46. The SMILES string of the molecule is CCCCCCCOc1c(N2CCN(C(=O)c3cccs3)CC2)cnn(-c2ccccc2)c1=O. The number of thiophene rings is 1. The topological polar surface area (TPSA) is 67.7 Å². The number of hydrogen-bond acceptors (Lipinski definition) is 6. The molecule has 1 amide bonds. The highest BCUT2D eigenvalue weighted by Gasteiger charge is 2.26. The summed E-state index contributed by atoms with van der Waals surface area (Å²) < 4.78 is 7.50. The number of hydrogen-bond donors (Lipinski definition) is 0. The number of ether oxygens (including phenoxy) is 1. The zero-order valence-corrected chi connectivity index (χ0v) is 20.5. The average Bonchev–Trinajstić information content (AvgIpc) is 3.42. The van der Waals surface area contributed by atoms with Crippen LogP contribution in [-0.4, -0.2) is 53.4 Å². The Kier molecular flexibility index (Phi) is 8.36. The quantitative estimate of drug-likeness (QED) is 0.397. The van der Waals surface area contributed by atoms with Gasteiger partial charge in [-0.05, 0) is 30.0 Å². The first-order valence-electron chi connectivity index (χ1n) is 12.1. The molecule has 1 saturated heterocycles. The second kappa shape index (κ2) is 11.8. The number of anilines is 1. The van der Waals surface area contributed by atoms with Crippen molar-refractivity contribution in [2.24, 2.45) is 0 Å². The Morgan fingerprint density at radius 3 is 2.47 bits per heavy atom. The van der Waals surface area contributed by atoms with Crippen molar-refractivity contribution in [1.82, 2.24) is 14.7 Å². The van der Waals surface area contributed by atoms with Crippen LogP contribution in [0.5, 0.6) is 5.75 Å². The number of piperazine rings is 1. The summed E-state index contributed by atoms with van der Waals surface area (Å²) in [5.74, 6) is 0.406. The number of nitrogens with zero attached hydrogens (tertiary/aromatic N) is 4. The first-order valence-corrected chi connectivity index (χ1v) is 12.9. The summed E-state index contributed by atoms with van der Waals surface area (Å²) in [5.41, 5.74) is 1.15. The van der Waals surface area contributed by atoms with Gasteiger partial charge in [-0.15, -0.1) is 11.3 Å². The van der Waals surface area contributed by atoms with Crippen LogP contribution in [0.4, 0.5) is 5.69 Å². The zero-order chi connectivity index (χ0) is 23.8. The van der Waals surface area contributed by atoms with E-state index < -0.39 is 0 Å². The molecular weight excluding hydrogens is 448 g/mol. The van der Waals surface area contributed by atoms with Gasteiger partial charge >= 0.3 is 5.56 Å². The Morgan fingerprint density at radius 1 is 1.00 bits per heavy atom.